The van der Waals surface area contributed by atoms with Crippen LogP contribution in [-0.4, -0.2) is 39.1 Å². The Balaban J connectivity index is 1.60. The fourth-order valence-corrected chi connectivity index (χ4v) is 7.63. The minimum absolute atomic E-state index is 0.0829. The number of halogens is 6. The highest BCUT2D eigenvalue weighted by molar-refractivity contribution is 7.92. The van der Waals surface area contributed by atoms with Gasteiger partial charge in [-0.2, -0.15) is 26.3 Å². The number of sulfone groups is 1. The molecule has 0 aromatic heterocycles. The zero-order valence-electron chi connectivity index (χ0n) is 21.0. The van der Waals surface area contributed by atoms with Gasteiger partial charge >= 0.3 is 18.5 Å². The molecule has 13 heteroatoms. The summed E-state index contributed by atoms with van der Waals surface area (Å²) < 4.78 is 127. The van der Waals surface area contributed by atoms with Crippen LogP contribution in [-0.2, 0) is 41.0 Å². The van der Waals surface area contributed by atoms with Crippen molar-refractivity contribution in [2.45, 2.75) is 59.3 Å². The number of hydrogen-bond acceptors (Lipinski definition) is 6. The molecule has 2 fully saturated rings. The summed E-state index contributed by atoms with van der Waals surface area (Å²) in [6.45, 7) is -1.000. The van der Waals surface area contributed by atoms with Crippen molar-refractivity contribution in [3.05, 3.63) is 102 Å². The first-order valence-corrected chi connectivity index (χ1v) is 13.8. The highest BCUT2D eigenvalue weighted by Crippen LogP contribution is 2.55. The molecule has 3 aromatic rings. The number of rotatable bonds is 7. The number of carbonyl (C=O) groups excluding carboxylic acids is 1. The molecule has 3 aromatic carbocycles. The number of hydrogen-bond donors (Lipinski definition) is 0. The van der Waals surface area contributed by atoms with Gasteiger partial charge in [-0.1, -0.05) is 72.8 Å². The van der Waals surface area contributed by atoms with Crippen LogP contribution in [0.2, 0.25) is 0 Å². The molecule has 0 radical (unpaired) electrons. The Morgan fingerprint density at radius 1 is 0.756 bits per heavy atom. The molecule has 218 valence electrons. The van der Waals surface area contributed by atoms with Gasteiger partial charge in [-0.05, 0) is 23.3 Å². The minimum Gasteiger partial charge on any atom is -0.427 e. The summed E-state index contributed by atoms with van der Waals surface area (Å²) in [5.41, 5.74) is -5.97. The molecule has 5 rings (SSSR count). The molecule has 0 N–H and O–H groups in total. The maximum absolute atomic E-state index is 14.3. The van der Waals surface area contributed by atoms with Crippen molar-refractivity contribution in [2.24, 2.45) is 0 Å². The first kappa shape index (κ1) is 28.9. The van der Waals surface area contributed by atoms with Gasteiger partial charge in [0, 0.05) is 18.4 Å². The normalized spacial score (nSPS) is 23.1. The standard InChI is InChI=1S/C28H22F6O6S/c29-27(30,31)26(28(32,33)34,38-17-18-7-3-1-4-8-18)20-13-11-19(12-14-20)25(15-22-23(16-25)40-24(35)39-22)41(36,37)21-9-5-2-6-10-21/h1-14,22-23H,15-17H2. The third kappa shape index (κ3) is 4.74. The molecule has 1 saturated heterocycles. The summed E-state index contributed by atoms with van der Waals surface area (Å²) in [4.78, 5) is 11.5. The first-order chi connectivity index (χ1) is 19.2. The van der Waals surface area contributed by atoms with E-state index in [1.165, 1.54) is 48.5 Å². The van der Waals surface area contributed by atoms with E-state index in [-0.39, 0.29) is 28.9 Å². The molecule has 1 saturated carbocycles. The second kappa shape index (κ2) is 10.1. The third-order valence-electron chi connectivity index (χ3n) is 7.45. The fraction of sp³-hybridized carbons (Fsp3) is 0.321. The quantitative estimate of drug-likeness (QED) is 0.225. The average Bonchev–Trinajstić information content (AvgIpc) is 3.44. The first-order valence-electron chi connectivity index (χ1n) is 12.3. The molecule has 0 bridgehead atoms. The van der Waals surface area contributed by atoms with Crippen LogP contribution in [0.5, 0.6) is 0 Å². The third-order valence-corrected chi connectivity index (χ3v) is 9.94. The van der Waals surface area contributed by atoms with E-state index in [4.69, 9.17) is 9.47 Å². The molecule has 1 aliphatic heterocycles. The Morgan fingerprint density at radius 3 is 1.73 bits per heavy atom. The lowest BCUT2D eigenvalue weighted by Gasteiger charge is -2.38. The van der Waals surface area contributed by atoms with Crippen LogP contribution in [0.4, 0.5) is 31.1 Å². The monoisotopic (exact) mass is 600 g/mol. The zero-order valence-corrected chi connectivity index (χ0v) is 21.8. The summed E-state index contributed by atoms with van der Waals surface area (Å²) in [5.74, 6) is 0. The predicted molar refractivity (Wildman–Crippen MR) is 131 cm³/mol. The van der Waals surface area contributed by atoms with E-state index in [2.05, 4.69) is 4.74 Å². The molecule has 0 spiro atoms. The van der Waals surface area contributed by atoms with Gasteiger partial charge in [0.1, 0.15) is 17.0 Å². The summed E-state index contributed by atoms with van der Waals surface area (Å²) in [6, 6.07) is 17.2. The highest BCUT2D eigenvalue weighted by Gasteiger charge is 2.73. The van der Waals surface area contributed by atoms with E-state index in [1.54, 1.807) is 12.1 Å². The van der Waals surface area contributed by atoms with E-state index in [9.17, 15) is 39.6 Å². The fourth-order valence-electron chi connectivity index (χ4n) is 5.45. The van der Waals surface area contributed by atoms with Crippen LogP contribution in [0.25, 0.3) is 0 Å². The minimum atomic E-state index is -5.93. The molecule has 6 nitrogen and oxygen atoms in total. The Kier molecular flexibility index (Phi) is 7.09. The van der Waals surface area contributed by atoms with Crippen LogP contribution in [0.1, 0.15) is 29.5 Å². The SMILES string of the molecule is O=C1OC2CC(c3ccc(C(OCc4ccccc4)(C(F)(F)F)C(F)(F)F)cc3)(S(=O)(=O)c3ccccc3)CC2O1. The van der Waals surface area contributed by atoms with Gasteiger partial charge in [0.25, 0.3) is 5.60 Å². The average molecular weight is 601 g/mol. The van der Waals surface area contributed by atoms with E-state index in [1.807, 2.05) is 0 Å². The molecule has 2 atom stereocenters. The Labute approximate surface area is 230 Å². The summed E-state index contributed by atoms with van der Waals surface area (Å²) >= 11 is 0. The van der Waals surface area contributed by atoms with Crippen molar-refractivity contribution in [3.63, 3.8) is 0 Å². The Bertz CT molecular complexity index is 1480. The molecule has 1 aliphatic carbocycles. The van der Waals surface area contributed by atoms with Crippen LogP contribution < -0.4 is 0 Å². The maximum Gasteiger partial charge on any atom is 0.509 e. The molecule has 1 heterocycles. The van der Waals surface area contributed by atoms with E-state index >= 15 is 0 Å². The van der Waals surface area contributed by atoms with Gasteiger partial charge in [-0.3, -0.25) is 0 Å². The zero-order chi connectivity index (χ0) is 29.7. The van der Waals surface area contributed by atoms with Crippen molar-refractivity contribution in [3.8, 4) is 0 Å². The largest absolute Gasteiger partial charge is 0.509 e. The number of carbonyl (C=O) groups is 1. The lowest BCUT2D eigenvalue weighted by Crippen LogP contribution is -2.55. The number of ether oxygens (including phenoxy) is 3. The van der Waals surface area contributed by atoms with Crippen molar-refractivity contribution in [1.29, 1.82) is 0 Å². The van der Waals surface area contributed by atoms with Crippen molar-refractivity contribution in [1.82, 2.24) is 0 Å². The maximum atomic E-state index is 14.3. The van der Waals surface area contributed by atoms with Crippen LogP contribution in [0, 0.1) is 0 Å². The van der Waals surface area contributed by atoms with Crippen LogP contribution in [0.3, 0.4) is 0 Å². The van der Waals surface area contributed by atoms with Crippen LogP contribution >= 0.6 is 0 Å². The Hall–Kier alpha value is -3.58. The van der Waals surface area contributed by atoms with Gasteiger partial charge in [0.15, 0.2) is 9.84 Å². The summed E-state index contributed by atoms with van der Waals surface area (Å²) in [5, 5.41) is 0. The lowest BCUT2D eigenvalue weighted by atomic mass is 9.88. The van der Waals surface area contributed by atoms with E-state index < -0.39 is 63.1 Å². The molecular formula is C28H22F6O6S. The lowest BCUT2D eigenvalue weighted by molar-refractivity contribution is -0.392. The van der Waals surface area contributed by atoms with Gasteiger partial charge in [-0.25, -0.2) is 13.2 Å². The molecule has 41 heavy (non-hydrogen) atoms. The smallest absolute Gasteiger partial charge is 0.427 e. The topological polar surface area (TPSA) is 78.9 Å². The molecule has 0 amide bonds. The van der Waals surface area contributed by atoms with Gasteiger partial charge < -0.3 is 14.2 Å². The van der Waals surface area contributed by atoms with Gasteiger partial charge in [0.05, 0.1) is 11.5 Å². The number of fused-ring (bicyclic) bond motifs is 1. The molecule has 2 aliphatic rings. The molecule has 2 unspecified atom stereocenters. The van der Waals surface area contributed by atoms with Crippen molar-refractivity contribution < 1.29 is 53.8 Å². The van der Waals surface area contributed by atoms with Crippen molar-refractivity contribution in [2.75, 3.05) is 0 Å². The van der Waals surface area contributed by atoms with Crippen LogP contribution in [0.15, 0.2) is 89.8 Å². The number of alkyl halides is 6. The van der Waals surface area contributed by atoms with E-state index in [0.717, 1.165) is 12.1 Å². The number of benzene rings is 3. The predicted octanol–water partition coefficient (Wildman–Crippen LogP) is 6.59. The van der Waals surface area contributed by atoms with Gasteiger partial charge in [-0.15, -0.1) is 0 Å². The summed E-state index contributed by atoms with van der Waals surface area (Å²) in [6.07, 6.45) is -15.4. The van der Waals surface area contributed by atoms with Crippen molar-refractivity contribution >= 4 is 16.0 Å². The van der Waals surface area contributed by atoms with Gasteiger partial charge in [0.2, 0.25) is 0 Å². The highest BCUT2D eigenvalue weighted by atomic mass is 32.2. The van der Waals surface area contributed by atoms with E-state index in [0.29, 0.717) is 12.1 Å². The summed E-state index contributed by atoms with van der Waals surface area (Å²) in [7, 11) is -4.31. The second-order valence-corrected chi connectivity index (χ2v) is 12.1. The second-order valence-electron chi connectivity index (χ2n) is 9.81. The molecular weight excluding hydrogens is 578 g/mol. The Morgan fingerprint density at radius 2 is 1.24 bits per heavy atom.